The first kappa shape index (κ1) is 28.7. The molecule has 0 saturated carbocycles. The van der Waals surface area contributed by atoms with Gasteiger partial charge in [0.05, 0.1) is 0 Å². The summed E-state index contributed by atoms with van der Waals surface area (Å²) >= 11 is -2.68. The molecule has 0 bridgehead atoms. The van der Waals surface area contributed by atoms with Crippen molar-refractivity contribution in [2.75, 3.05) is 0 Å². The molecule has 0 spiro atoms. The summed E-state index contributed by atoms with van der Waals surface area (Å²) in [6.45, 7) is 4.50. The van der Waals surface area contributed by atoms with E-state index < -0.39 is 21.3 Å². The van der Waals surface area contributed by atoms with E-state index in [4.69, 9.17) is 0 Å². The second-order valence-electron chi connectivity index (χ2n) is 10.6. The molecule has 0 fully saturated rings. The van der Waals surface area contributed by atoms with E-state index in [0.717, 1.165) is 0 Å². The van der Waals surface area contributed by atoms with E-state index in [9.17, 15) is 0 Å². The minimum absolute atomic E-state index is 0. The zero-order valence-corrected chi connectivity index (χ0v) is 26.6. The Morgan fingerprint density at radius 3 is 1.60 bits per heavy atom. The third kappa shape index (κ3) is 4.94. The van der Waals surface area contributed by atoms with Gasteiger partial charge in [-0.25, -0.2) is 0 Å². The van der Waals surface area contributed by atoms with Gasteiger partial charge in [0.1, 0.15) is 0 Å². The van der Waals surface area contributed by atoms with E-state index in [-0.39, 0.29) is 24.8 Å². The maximum absolute atomic E-state index is 2.68. The van der Waals surface area contributed by atoms with Crippen LogP contribution in [0.2, 0.25) is 0 Å². The van der Waals surface area contributed by atoms with Crippen LogP contribution in [0.3, 0.4) is 0 Å². The number of aryl methyl sites for hydroxylation is 2. The minimum atomic E-state index is -2.68. The fourth-order valence-electron chi connectivity index (χ4n) is 6.54. The molecule has 7 rings (SSSR count). The second kappa shape index (κ2) is 12.0. The van der Waals surface area contributed by atoms with Crippen LogP contribution in [0.1, 0.15) is 51.8 Å². The predicted octanol–water partition coefficient (Wildman–Crippen LogP) is 3.04. The molecular weight excluding hydrogens is 607 g/mol. The summed E-state index contributed by atoms with van der Waals surface area (Å²) in [7, 11) is 0. The Hall–Kier alpha value is -2.83. The van der Waals surface area contributed by atoms with Crippen molar-refractivity contribution in [1.82, 2.24) is 0 Å². The zero-order valence-electron chi connectivity index (χ0n) is 22.6. The molecular formula is C37H30Cl2Zr. The van der Waals surface area contributed by atoms with Crippen molar-refractivity contribution >= 4 is 9.28 Å². The fourth-order valence-corrected chi connectivity index (χ4v) is 16.4. The molecule has 0 radical (unpaired) electrons. The molecule has 2 aliphatic rings. The Morgan fingerprint density at radius 2 is 1.05 bits per heavy atom. The number of benzene rings is 5. The normalized spacial score (nSPS) is 14.2. The Balaban J connectivity index is 0.00000161. The number of rotatable bonds is 4. The molecule has 1 atom stereocenters. The summed E-state index contributed by atoms with van der Waals surface area (Å²) in [4.78, 5) is 0. The quantitative estimate of drug-likeness (QED) is 0.285. The van der Waals surface area contributed by atoms with Crippen LogP contribution < -0.4 is 24.8 Å². The molecule has 40 heavy (non-hydrogen) atoms. The van der Waals surface area contributed by atoms with Gasteiger partial charge in [0.2, 0.25) is 0 Å². The first-order valence-electron chi connectivity index (χ1n) is 13.5. The Morgan fingerprint density at radius 1 is 0.550 bits per heavy atom. The van der Waals surface area contributed by atoms with Gasteiger partial charge in [0.15, 0.2) is 0 Å². The van der Waals surface area contributed by atoms with Crippen molar-refractivity contribution < 1.29 is 46.1 Å². The molecule has 5 aromatic carbocycles. The average molecular weight is 637 g/mol. The molecule has 0 heterocycles. The Labute approximate surface area is 257 Å². The van der Waals surface area contributed by atoms with Gasteiger partial charge < -0.3 is 24.8 Å². The number of fused-ring (bicyclic) bond motifs is 4. The SMILES string of the molecule is Cc1ccc2c(c1)[CH]([Zr+2](=[C](c1ccccc1)c1ccccc1)[CH]1C=Cc3ccccc31)c1cc(C)ccc1-2.[Cl-].[Cl-]. The van der Waals surface area contributed by atoms with Crippen LogP contribution in [0.15, 0.2) is 127 Å². The summed E-state index contributed by atoms with van der Waals surface area (Å²) in [5.41, 5.74) is 14.3. The van der Waals surface area contributed by atoms with Gasteiger partial charge in [-0.15, -0.1) is 0 Å². The Bertz CT molecular complexity index is 1640. The van der Waals surface area contributed by atoms with Crippen LogP contribution >= 0.6 is 0 Å². The van der Waals surface area contributed by atoms with Crippen LogP contribution in [-0.4, -0.2) is 3.21 Å². The molecule has 0 nitrogen and oxygen atoms in total. The number of hydrogen-bond acceptors (Lipinski definition) is 0. The van der Waals surface area contributed by atoms with E-state index in [1.165, 1.54) is 44.5 Å². The first-order valence-corrected chi connectivity index (χ1v) is 17.6. The van der Waals surface area contributed by atoms with Gasteiger partial charge in [0.25, 0.3) is 0 Å². The summed E-state index contributed by atoms with van der Waals surface area (Å²) < 4.78 is 2.53. The smallest absolute Gasteiger partial charge is 1.00 e. The van der Waals surface area contributed by atoms with E-state index in [2.05, 4.69) is 147 Å². The maximum atomic E-state index is 2.55. The number of hydrogen-bond donors (Lipinski definition) is 0. The van der Waals surface area contributed by atoms with Crippen molar-refractivity contribution in [2.45, 2.75) is 21.1 Å². The molecule has 2 aliphatic carbocycles. The van der Waals surface area contributed by atoms with Gasteiger partial charge in [-0.05, 0) is 0 Å². The monoisotopic (exact) mass is 634 g/mol. The topological polar surface area (TPSA) is 0 Å². The van der Waals surface area contributed by atoms with Gasteiger partial charge in [-0.2, -0.15) is 0 Å². The van der Waals surface area contributed by atoms with Crippen LogP contribution in [0.5, 0.6) is 0 Å². The predicted molar refractivity (Wildman–Crippen MR) is 158 cm³/mol. The maximum Gasteiger partial charge on any atom is -1.00 e. The van der Waals surface area contributed by atoms with Crippen molar-refractivity contribution in [2.24, 2.45) is 0 Å². The average Bonchev–Trinajstić information content (AvgIpc) is 3.51. The fraction of sp³-hybridized carbons (Fsp3) is 0.108. The van der Waals surface area contributed by atoms with E-state index in [1.54, 1.807) is 14.3 Å². The minimum Gasteiger partial charge on any atom is -1.00 e. The summed E-state index contributed by atoms with van der Waals surface area (Å²) in [6.07, 6.45) is 4.94. The third-order valence-corrected chi connectivity index (χ3v) is 17.0. The molecule has 5 aromatic rings. The van der Waals surface area contributed by atoms with Crippen molar-refractivity contribution in [3.05, 3.63) is 172 Å². The van der Waals surface area contributed by atoms with Crippen LogP contribution in [0.25, 0.3) is 17.2 Å². The van der Waals surface area contributed by atoms with Gasteiger partial charge in [-0.3, -0.25) is 0 Å². The van der Waals surface area contributed by atoms with Crippen molar-refractivity contribution in [1.29, 1.82) is 0 Å². The molecule has 196 valence electrons. The van der Waals surface area contributed by atoms with Gasteiger partial charge in [0, 0.05) is 0 Å². The van der Waals surface area contributed by atoms with E-state index in [0.29, 0.717) is 7.25 Å². The van der Waals surface area contributed by atoms with E-state index >= 15 is 0 Å². The summed E-state index contributed by atoms with van der Waals surface area (Å²) in [6, 6.07) is 45.9. The molecule has 3 heteroatoms. The summed E-state index contributed by atoms with van der Waals surface area (Å²) in [5, 5.41) is 0. The van der Waals surface area contributed by atoms with Crippen molar-refractivity contribution in [3.63, 3.8) is 0 Å². The molecule has 0 amide bonds. The summed E-state index contributed by atoms with van der Waals surface area (Å²) in [5.74, 6) is 0. The standard InChI is InChI=1S/C15H13.C13H10.C9H7.2ClH.Zr/c1-10-3-5-14-12(7-10)9-13-8-11(2)4-6-15(13)14;1-3-7-12(8-4-1)11-13-9-5-2-6-10-13;1-2-5-9-7-3-6-8(9)4-1;;;/h3-9H,1-2H3;1-10H;1-7H;2*1H;/q;;;;;+2/p-2. The first-order chi connectivity index (χ1) is 18.7. The number of allylic oxidation sites excluding steroid dienone is 1. The van der Waals surface area contributed by atoms with Crippen LogP contribution in [0.4, 0.5) is 0 Å². The zero-order chi connectivity index (χ0) is 25.6. The Kier molecular flexibility index (Phi) is 8.58. The molecule has 0 saturated heterocycles. The molecule has 1 unspecified atom stereocenters. The van der Waals surface area contributed by atoms with Gasteiger partial charge >= 0.3 is 235 Å². The largest absolute Gasteiger partial charge is 1.00 e. The van der Waals surface area contributed by atoms with Crippen LogP contribution in [-0.2, 0) is 21.3 Å². The van der Waals surface area contributed by atoms with Crippen LogP contribution in [0, 0.1) is 13.8 Å². The van der Waals surface area contributed by atoms with Crippen molar-refractivity contribution in [3.8, 4) is 11.1 Å². The molecule has 0 aromatic heterocycles. The molecule has 0 aliphatic heterocycles. The number of halogens is 2. The van der Waals surface area contributed by atoms with Gasteiger partial charge in [-0.1, -0.05) is 0 Å². The van der Waals surface area contributed by atoms with E-state index in [1.807, 2.05) is 0 Å². The third-order valence-electron chi connectivity index (χ3n) is 8.19. The molecule has 0 N–H and O–H groups in total. The second-order valence-corrected chi connectivity index (χ2v) is 17.1.